The van der Waals surface area contributed by atoms with Gasteiger partial charge >= 0.3 is 0 Å². The van der Waals surface area contributed by atoms with Gasteiger partial charge in [0.25, 0.3) is 0 Å². The lowest BCUT2D eigenvalue weighted by atomic mass is 9.99. The Bertz CT molecular complexity index is 708. The number of nitrogens with zero attached hydrogens (tertiary/aromatic N) is 1. The molecule has 0 aliphatic carbocycles. The zero-order valence-electron chi connectivity index (χ0n) is 14.4. The monoisotopic (exact) mass is 322 g/mol. The number of carbonyl (C=O) groups excluding carboxylic acids is 1. The van der Waals surface area contributed by atoms with Crippen LogP contribution in [0.5, 0.6) is 0 Å². The minimum absolute atomic E-state index is 0.162. The number of carbonyl (C=O) groups is 1. The van der Waals surface area contributed by atoms with Gasteiger partial charge in [-0.25, -0.2) is 0 Å². The lowest BCUT2D eigenvalue weighted by Gasteiger charge is -2.29. The van der Waals surface area contributed by atoms with Crippen molar-refractivity contribution in [2.45, 2.75) is 45.2 Å². The van der Waals surface area contributed by atoms with E-state index < -0.39 is 0 Å². The van der Waals surface area contributed by atoms with Crippen molar-refractivity contribution in [2.75, 3.05) is 6.54 Å². The predicted molar refractivity (Wildman–Crippen MR) is 97.7 cm³/mol. The molecule has 1 aliphatic rings. The molecule has 3 rings (SSSR count). The van der Waals surface area contributed by atoms with Crippen molar-refractivity contribution in [3.63, 3.8) is 0 Å². The quantitative estimate of drug-likeness (QED) is 0.919. The van der Waals surface area contributed by atoms with E-state index >= 15 is 0 Å². The summed E-state index contributed by atoms with van der Waals surface area (Å²) in [5.41, 5.74) is 11.0. The molecule has 0 fully saturated rings. The van der Waals surface area contributed by atoms with E-state index in [9.17, 15) is 4.79 Å². The molecule has 0 bridgehead atoms. The van der Waals surface area contributed by atoms with Gasteiger partial charge in [-0.05, 0) is 48.4 Å². The fourth-order valence-electron chi connectivity index (χ4n) is 3.40. The Morgan fingerprint density at radius 2 is 1.88 bits per heavy atom. The SMILES string of the molecule is C[C@@H](N)Cc1cccc(CCC(=O)N2CCc3ccccc3C2)c1. The second kappa shape index (κ2) is 7.63. The minimum Gasteiger partial charge on any atom is -0.338 e. The van der Waals surface area contributed by atoms with Crippen LogP contribution in [0.4, 0.5) is 0 Å². The van der Waals surface area contributed by atoms with E-state index in [1.807, 2.05) is 11.8 Å². The van der Waals surface area contributed by atoms with Gasteiger partial charge in [0.1, 0.15) is 0 Å². The molecule has 2 N–H and O–H groups in total. The molecule has 0 saturated heterocycles. The Morgan fingerprint density at radius 3 is 2.67 bits per heavy atom. The number of benzene rings is 2. The largest absolute Gasteiger partial charge is 0.338 e. The van der Waals surface area contributed by atoms with E-state index in [0.29, 0.717) is 6.42 Å². The summed E-state index contributed by atoms with van der Waals surface area (Å²) in [5.74, 6) is 0.252. The van der Waals surface area contributed by atoms with Gasteiger partial charge in [0.15, 0.2) is 0 Å². The summed E-state index contributed by atoms with van der Waals surface area (Å²) in [6.45, 7) is 3.60. The molecule has 0 unspecified atom stereocenters. The number of hydrogen-bond acceptors (Lipinski definition) is 2. The number of fused-ring (bicyclic) bond motifs is 1. The summed E-state index contributed by atoms with van der Waals surface area (Å²) in [7, 11) is 0. The standard InChI is InChI=1S/C21H26N2O/c1-16(22)13-18-6-4-5-17(14-18)9-10-21(24)23-12-11-19-7-2-3-8-20(19)15-23/h2-8,14,16H,9-13,15,22H2,1H3/t16-/m1/s1. The van der Waals surface area contributed by atoms with Crippen LogP contribution in [0.15, 0.2) is 48.5 Å². The number of hydrogen-bond donors (Lipinski definition) is 1. The summed E-state index contributed by atoms with van der Waals surface area (Å²) >= 11 is 0. The summed E-state index contributed by atoms with van der Waals surface area (Å²) < 4.78 is 0. The maximum absolute atomic E-state index is 12.5. The van der Waals surface area contributed by atoms with Crippen molar-refractivity contribution in [3.8, 4) is 0 Å². The topological polar surface area (TPSA) is 46.3 Å². The molecule has 1 amide bonds. The lowest BCUT2D eigenvalue weighted by Crippen LogP contribution is -2.36. The highest BCUT2D eigenvalue weighted by Crippen LogP contribution is 2.19. The van der Waals surface area contributed by atoms with E-state index in [2.05, 4.69) is 48.5 Å². The van der Waals surface area contributed by atoms with Gasteiger partial charge in [-0.15, -0.1) is 0 Å². The second-order valence-corrected chi connectivity index (χ2v) is 6.84. The Hall–Kier alpha value is -2.13. The number of aryl methyl sites for hydroxylation is 1. The maximum Gasteiger partial charge on any atom is 0.223 e. The van der Waals surface area contributed by atoms with Gasteiger partial charge in [-0.2, -0.15) is 0 Å². The molecular formula is C21H26N2O. The first kappa shape index (κ1) is 16.7. The summed E-state index contributed by atoms with van der Waals surface area (Å²) in [5, 5.41) is 0. The minimum atomic E-state index is 0.162. The zero-order chi connectivity index (χ0) is 16.9. The molecule has 3 nitrogen and oxygen atoms in total. The molecule has 24 heavy (non-hydrogen) atoms. The number of nitrogens with two attached hydrogens (primary N) is 1. The summed E-state index contributed by atoms with van der Waals surface area (Å²) in [4.78, 5) is 14.5. The first-order chi connectivity index (χ1) is 11.6. The first-order valence-corrected chi connectivity index (χ1v) is 8.80. The van der Waals surface area contributed by atoms with Crippen molar-refractivity contribution >= 4 is 5.91 Å². The number of amides is 1. The van der Waals surface area contributed by atoms with E-state index in [0.717, 1.165) is 32.4 Å². The van der Waals surface area contributed by atoms with Crippen molar-refractivity contribution in [2.24, 2.45) is 5.73 Å². The van der Waals surface area contributed by atoms with E-state index in [-0.39, 0.29) is 11.9 Å². The van der Waals surface area contributed by atoms with Gasteiger partial charge in [0.2, 0.25) is 5.91 Å². The molecule has 2 aromatic carbocycles. The van der Waals surface area contributed by atoms with Gasteiger partial charge in [-0.1, -0.05) is 48.5 Å². The summed E-state index contributed by atoms with van der Waals surface area (Å²) in [6.07, 6.45) is 3.21. The molecule has 1 aliphatic heterocycles. The Balaban J connectivity index is 1.56. The van der Waals surface area contributed by atoms with E-state index in [4.69, 9.17) is 5.73 Å². The van der Waals surface area contributed by atoms with Crippen molar-refractivity contribution in [3.05, 3.63) is 70.8 Å². The Kier molecular flexibility index (Phi) is 5.31. The van der Waals surface area contributed by atoms with Crippen LogP contribution in [-0.4, -0.2) is 23.4 Å². The molecule has 3 heteroatoms. The molecule has 2 aromatic rings. The molecule has 1 heterocycles. The third-order valence-electron chi connectivity index (χ3n) is 4.66. The average molecular weight is 322 g/mol. The van der Waals surface area contributed by atoms with Gasteiger partial charge in [-0.3, -0.25) is 4.79 Å². The number of rotatable bonds is 5. The van der Waals surface area contributed by atoms with Gasteiger partial charge in [0, 0.05) is 25.6 Å². The highest BCUT2D eigenvalue weighted by Gasteiger charge is 2.19. The molecular weight excluding hydrogens is 296 g/mol. The highest BCUT2D eigenvalue weighted by molar-refractivity contribution is 5.76. The molecule has 0 aromatic heterocycles. The van der Waals surface area contributed by atoms with Crippen LogP contribution in [0, 0.1) is 0 Å². The van der Waals surface area contributed by atoms with Crippen LogP contribution < -0.4 is 5.73 Å². The highest BCUT2D eigenvalue weighted by atomic mass is 16.2. The Morgan fingerprint density at radius 1 is 1.12 bits per heavy atom. The first-order valence-electron chi connectivity index (χ1n) is 8.80. The maximum atomic E-state index is 12.5. The third kappa shape index (κ3) is 4.24. The fourth-order valence-corrected chi connectivity index (χ4v) is 3.40. The average Bonchev–Trinajstić information content (AvgIpc) is 2.59. The molecule has 126 valence electrons. The van der Waals surface area contributed by atoms with Crippen LogP contribution in [-0.2, 0) is 30.6 Å². The molecule has 0 saturated carbocycles. The molecule has 1 atom stereocenters. The Labute approximate surface area is 144 Å². The van der Waals surface area contributed by atoms with Crippen LogP contribution in [0.2, 0.25) is 0 Å². The van der Waals surface area contributed by atoms with Gasteiger partial charge < -0.3 is 10.6 Å². The van der Waals surface area contributed by atoms with Crippen LogP contribution in [0.25, 0.3) is 0 Å². The van der Waals surface area contributed by atoms with Crippen molar-refractivity contribution < 1.29 is 4.79 Å². The lowest BCUT2D eigenvalue weighted by molar-refractivity contribution is -0.132. The predicted octanol–water partition coefficient (Wildman–Crippen LogP) is 3.09. The van der Waals surface area contributed by atoms with Crippen LogP contribution in [0.1, 0.15) is 35.6 Å². The normalized spacial score (nSPS) is 15.0. The second-order valence-electron chi connectivity index (χ2n) is 6.84. The van der Waals surface area contributed by atoms with Gasteiger partial charge in [0.05, 0.1) is 0 Å². The smallest absolute Gasteiger partial charge is 0.223 e. The van der Waals surface area contributed by atoms with Crippen molar-refractivity contribution in [1.82, 2.24) is 4.90 Å². The summed E-state index contributed by atoms with van der Waals surface area (Å²) in [6, 6.07) is 17.0. The molecule has 0 spiro atoms. The van der Waals surface area contributed by atoms with E-state index in [1.165, 1.54) is 22.3 Å². The zero-order valence-corrected chi connectivity index (χ0v) is 14.4. The van der Waals surface area contributed by atoms with Crippen LogP contribution in [0.3, 0.4) is 0 Å². The van der Waals surface area contributed by atoms with Crippen LogP contribution >= 0.6 is 0 Å². The van der Waals surface area contributed by atoms with Crippen molar-refractivity contribution in [1.29, 1.82) is 0 Å². The molecule has 0 radical (unpaired) electrons. The third-order valence-corrected chi connectivity index (χ3v) is 4.66. The fraction of sp³-hybridized carbons (Fsp3) is 0.381. The van der Waals surface area contributed by atoms with E-state index in [1.54, 1.807) is 0 Å².